The lowest BCUT2D eigenvalue weighted by atomic mass is 10.2. The van der Waals surface area contributed by atoms with E-state index in [2.05, 4.69) is 11.0 Å². The number of hydrogen-bond donors (Lipinski definition) is 0. The third-order valence-corrected chi connectivity index (χ3v) is 4.79. The number of fused-ring (bicyclic) bond motifs is 1. The van der Waals surface area contributed by atoms with Crippen LogP contribution in [-0.4, -0.2) is 18.0 Å². The highest BCUT2D eigenvalue weighted by Crippen LogP contribution is 2.35. The Kier molecular flexibility index (Phi) is 3.38. The van der Waals surface area contributed by atoms with Crippen molar-refractivity contribution in [3.63, 3.8) is 0 Å². The first-order valence-corrected chi connectivity index (χ1v) is 7.48. The fourth-order valence-electron chi connectivity index (χ4n) is 2.58. The van der Waals surface area contributed by atoms with Crippen molar-refractivity contribution in [3.8, 4) is 0 Å². The molecule has 0 radical (unpaired) electrons. The highest BCUT2D eigenvalue weighted by molar-refractivity contribution is 7.22. The van der Waals surface area contributed by atoms with Gasteiger partial charge >= 0.3 is 0 Å². The molecule has 0 amide bonds. The maximum Gasteiger partial charge on any atom is 0.270 e. The average Bonchev–Trinajstić information content (AvgIpc) is 2.64. The van der Waals surface area contributed by atoms with E-state index in [-0.39, 0.29) is 10.6 Å². The van der Waals surface area contributed by atoms with Crippen LogP contribution in [0.15, 0.2) is 24.3 Å². The molecule has 2 heterocycles. The SMILES string of the molecule is O=[N+]([O-])c1ccc2sc(N3CCCCCC3)cc2c1. The van der Waals surface area contributed by atoms with Gasteiger partial charge in [0.05, 0.1) is 9.92 Å². The van der Waals surface area contributed by atoms with E-state index in [1.165, 1.54) is 30.7 Å². The molecule has 3 rings (SSSR count). The van der Waals surface area contributed by atoms with Crippen LogP contribution in [0, 0.1) is 10.1 Å². The molecule has 0 saturated carbocycles. The van der Waals surface area contributed by atoms with E-state index < -0.39 is 0 Å². The minimum atomic E-state index is -0.331. The summed E-state index contributed by atoms with van der Waals surface area (Å²) in [6, 6.07) is 7.22. The van der Waals surface area contributed by atoms with Gasteiger partial charge in [-0.25, -0.2) is 0 Å². The lowest BCUT2D eigenvalue weighted by molar-refractivity contribution is -0.384. The first kappa shape index (κ1) is 12.4. The van der Waals surface area contributed by atoms with Gasteiger partial charge in [0.15, 0.2) is 0 Å². The van der Waals surface area contributed by atoms with Gasteiger partial charge in [0.2, 0.25) is 0 Å². The minimum Gasteiger partial charge on any atom is -0.363 e. The Balaban J connectivity index is 1.94. The Hall–Kier alpha value is -1.62. The number of nitrogens with zero attached hydrogens (tertiary/aromatic N) is 2. The van der Waals surface area contributed by atoms with Crippen molar-refractivity contribution in [3.05, 3.63) is 34.4 Å². The number of nitro groups is 1. The number of nitro benzene ring substituents is 1. The Bertz CT molecular complexity index is 601. The van der Waals surface area contributed by atoms with Crippen molar-refractivity contribution >= 4 is 32.1 Å². The molecule has 0 bridgehead atoms. The largest absolute Gasteiger partial charge is 0.363 e. The van der Waals surface area contributed by atoms with Gasteiger partial charge in [0.25, 0.3) is 5.69 Å². The zero-order chi connectivity index (χ0) is 13.2. The molecule has 1 aromatic carbocycles. The van der Waals surface area contributed by atoms with E-state index in [0.29, 0.717) is 0 Å². The van der Waals surface area contributed by atoms with Crippen molar-refractivity contribution < 1.29 is 4.92 Å². The van der Waals surface area contributed by atoms with Gasteiger partial charge in [0.1, 0.15) is 0 Å². The summed E-state index contributed by atoms with van der Waals surface area (Å²) in [6.45, 7) is 2.21. The second-order valence-electron chi connectivity index (χ2n) is 4.97. The van der Waals surface area contributed by atoms with Crippen LogP contribution in [0.2, 0.25) is 0 Å². The monoisotopic (exact) mass is 276 g/mol. The molecule has 0 spiro atoms. The number of rotatable bonds is 2. The predicted octanol–water partition coefficient (Wildman–Crippen LogP) is 4.19. The van der Waals surface area contributed by atoms with E-state index in [0.717, 1.165) is 23.2 Å². The molecule has 0 N–H and O–H groups in total. The molecule has 5 heteroatoms. The molecule has 1 saturated heterocycles. The number of non-ortho nitro benzene ring substituents is 1. The number of thiophene rings is 1. The third kappa shape index (κ3) is 2.56. The molecule has 19 heavy (non-hydrogen) atoms. The van der Waals surface area contributed by atoms with Crippen LogP contribution < -0.4 is 4.90 Å². The zero-order valence-electron chi connectivity index (χ0n) is 10.7. The maximum absolute atomic E-state index is 10.8. The van der Waals surface area contributed by atoms with E-state index in [1.54, 1.807) is 23.5 Å². The van der Waals surface area contributed by atoms with Gasteiger partial charge in [-0.1, -0.05) is 12.8 Å². The van der Waals surface area contributed by atoms with Gasteiger partial charge in [-0.15, -0.1) is 11.3 Å². The van der Waals surface area contributed by atoms with Crippen molar-refractivity contribution in [2.75, 3.05) is 18.0 Å². The zero-order valence-corrected chi connectivity index (χ0v) is 11.5. The van der Waals surface area contributed by atoms with Gasteiger partial charge in [-0.2, -0.15) is 0 Å². The second-order valence-corrected chi connectivity index (χ2v) is 6.03. The number of benzene rings is 1. The number of hydrogen-bond acceptors (Lipinski definition) is 4. The third-order valence-electron chi connectivity index (χ3n) is 3.62. The summed E-state index contributed by atoms with van der Waals surface area (Å²) < 4.78 is 1.13. The van der Waals surface area contributed by atoms with E-state index >= 15 is 0 Å². The fraction of sp³-hybridized carbons (Fsp3) is 0.429. The van der Waals surface area contributed by atoms with Crippen LogP contribution in [0.25, 0.3) is 10.1 Å². The number of anilines is 1. The van der Waals surface area contributed by atoms with Crippen LogP contribution in [0.5, 0.6) is 0 Å². The van der Waals surface area contributed by atoms with E-state index in [4.69, 9.17) is 0 Å². The van der Waals surface area contributed by atoms with E-state index in [9.17, 15) is 10.1 Å². The first-order chi connectivity index (χ1) is 9.24. The maximum atomic E-state index is 10.8. The summed E-state index contributed by atoms with van der Waals surface area (Å²) in [7, 11) is 0. The average molecular weight is 276 g/mol. The van der Waals surface area contributed by atoms with E-state index in [1.807, 2.05) is 6.07 Å². The summed E-state index contributed by atoms with van der Waals surface area (Å²) >= 11 is 1.74. The molecule has 1 aliphatic rings. The Morgan fingerprint density at radius 2 is 1.84 bits per heavy atom. The molecule has 0 unspecified atom stereocenters. The first-order valence-electron chi connectivity index (χ1n) is 6.67. The molecule has 0 atom stereocenters. The molecular formula is C14H16N2O2S. The molecule has 0 aliphatic carbocycles. The lowest BCUT2D eigenvalue weighted by Crippen LogP contribution is -2.22. The Labute approximate surface area is 115 Å². The standard InChI is InChI=1S/C14H16N2O2S/c17-16(18)12-5-6-13-11(9-12)10-14(19-13)15-7-3-1-2-4-8-15/h5-6,9-10H,1-4,7-8H2. The van der Waals surface area contributed by atoms with Gasteiger partial charge in [-0.05, 0) is 25.0 Å². The molecule has 1 aromatic heterocycles. The smallest absolute Gasteiger partial charge is 0.270 e. The summed E-state index contributed by atoms with van der Waals surface area (Å²) in [5.74, 6) is 0. The second kappa shape index (κ2) is 5.17. The topological polar surface area (TPSA) is 46.4 Å². The normalized spacial score (nSPS) is 16.5. The van der Waals surface area contributed by atoms with Crippen LogP contribution in [0.3, 0.4) is 0 Å². The van der Waals surface area contributed by atoms with Crippen LogP contribution in [0.1, 0.15) is 25.7 Å². The van der Waals surface area contributed by atoms with Crippen molar-refractivity contribution in [2.45, 2.75) is 25.7 Å². The van der Waals surface area contributed by atoms with Crippen LogP contribution in [0.4, 0.5) is 10.7 Å². The molecule has 100 valence electrons. The molecule has 1 aliphatic heterocycles. The molecule has 1 fully saturated rings. The van der Waals surface area contributed by atoms with Crippen molar-refractivity contribution in [2.24, 2.45) is 0 Å². The Morgan fingerprint density at radius 3 is 2.53 bits per heavy atom. The summed E-state index contributed by atoms with van der Waals surface area (Å²) in [6.07, 6.45) is 5.11. The lowest BCUT2D eigenvalue weighted by Gasteiger charge is -2.19. The highest BCUT2D eigenvalue weighted by atomic mass is 32.1. The summed E-state index contributed by atoms with van der Waals surface area (Å²) in [4.78, 5) is 12.9. The van der Waals surface area contributed by atoms with Crippen LogP contribution >= 0.6 is 11.3 Å². The van der Waals surface area contributed by atoms with Gasteiger partial charge in [0, 0.05) is 35.3 Å². The quantitative estimate of drug-likeness (QED) is 0.610. The van der Waals surface area contributed by atoms with Crippen molar-refractivity contribution in [1.29, 1.82) is 0 Å². The van der Waals surface area contributed by atoms with Gasteiger partial charge in [-0.3, -0.25) is 10.1 Å². The Morgan fingerprint density at radius 1 is 1.11 bits per heavy atom. The van der Waals surface area contributed by atoms with Crippen LogP contribution in [-0.2, 0) is 0 Å². The van der Waals surface area contributed by atoms with Gasteiger partial charge < -0.3 is 4.90 Å². The molecule has 4 nitrogen and oxygen atoms in total. The summed E-state index contributed by atoms with van der Waals surface area (Å²) in [5, 5.41) is 13.0. The van der Waals surface area contributed by atoms with Crippen molar-refractivity contribution in [1.82, 2.24) is 0 Å². The fourth-order valence-corrected chi connectivity index (χ4v) is 3.67. The predicted molar refractivity (Wildman–Crippen MR) is 79.2 cm³/mol. The molecular weight excluding hydrogens is 260 g/mol. The highest BCUT2D eigenvalue weighted by Gasteiger charge is 2.14. The minimum absolute atomic E-state index is 0.174. The molecule has 2 aromatic rings. The summed E-state index contributed by atoms with van der Waals surface area (Å²) in [5.41, 5.74) is 0.174.